The van der Waals surface area contributed by atoms with Crippen molar-refractivity contribution >= 4 is 32.9 Å². The van der Waals surface area contributed by atoms with E-state index in [2.05, 4.69) is 50.7 Å². The number of nitrogens with zero attached hydrogens (tertiary/aromatic N) is 6. The van der Waals surface area contributed by atoms with E-state index in [1.165, 1.54) is 0 Å². The number of H-pyrrole nitrogens is 1. The van der Waals surface area contributed by atoms with Crippen molar-refractivity contribution < 1.29 is 0 Å². The van der Waals surface area contributed by atoms with E-state index in [0.29, 0.717) is 5.65 Å². The van der Waals surface area contributed by atoms with E-state index in [9.17, 15) is 0 Å². The van der Waals surface area contributed by atoms with Crippen molar-refractivity contribution in [3.63, 3.8) is 0 Å². The first-order valence-electron chi connectivity index (χ1n) is 6.71. The third-order valence-corrected chi connectivity index (χ3v) is 4.08. The Morgan fingerprint density at radius 3 is 2.86 bits per heavy atom. The number of fused-ring (bicyclic) bond motifs is 1. The van der Waals surface area contributed by atoms with Gasteiger partial charge in [-0.1, -0.05) is 0 Å². The number of aromatic nitrogens is 6. The number of imidazole rings is 1. The molecular weight excluding hydrogens is 334 g/mol. The summed E-state index contributed by atoms with van der Waals surface area (Å²) >= 11 is 3.37. The molecule has 4 rings (SSSR count). The largest absolute Gasteiger partial charge is 0.344 e. The third-order valence-electron chi connectivity index (χ3n) is 3.67. The summed E-state index contributed by atoms with van der Waals surface area (Å²) in [5, 5.41) is 0. The molecule has 0 aliphatic carbocycles. The summed E-state index contributed by atoms with van der Waals surface area (Å²) in [7, 11) is 0. The molecule has 7 nitrogen and oxygen atoms in total. The zero-order valence-corrected chi connectivity index (χ0v) is 12.7. The number of nitrogens with one attached hydrogen (secondary N) is 1. The van der Waals surface area contributed by atoms with Crippen molar-refractivity contribution in [1.82, 2.24) is 29.9 Å². The van der Waals surface area contributed by atoms with Crippen LogP contribution in [0.5, 0.6) is 0 Å². The molecule has 1 atom stereocenters. The topological polar surface area (TPSA) is 83.5 Å². The molecule has 8 heteroatoms. The lowest BCUT2D eigenvalue weighted by Crippen LogP contribution is -2.25. The second-order valence-corrected chi connectivity index (χ2v) is 5.82. The molecule has 0 aromatic carbocycles. The molecule has 106 valence electrons. The van der Waals surface area contributed by atoms with Gasteiger partial charge in [0.25, 0.3) is 0 Å². The molecule has 4 heterocycles. The third kappa shape index (κ3) is 2.15. The Morgan fingerprint density at radius 2 is 2.00 bits per heavy atom. The molecule has 0 bridgehead atoms. The summed E-state index contributed by atoms with van der Waals surface area (Å²) in [6.45, 7) is 0.926. The molecule has 1 saturated heterocycles. The molecular formula is C13H12BrN7. The molecule has 1 unspecified atom stereocenters. The molecule has 3 aromatic heterocycles. The standard InChI is InChI=1S/C13H12BrN7/c14-8-4-15-11(16-5-8)9-2-1-3-21(9)13-10-12(18-6-17-10)19-7-20-13/h4-7,9H,1-3H2,(H,17,18,19,20). The van der Waals surface area contributed by atoms with Crippen LogP contribution < -0.4 is 4.90 Å². The summed E-state index contributed by atoms with van der Waals surface area (Å²) in [6, 6.07) is 0.138. The van der Waals surface area contributed by atoms with Crippen LogP contribution in [0.25, 0.3) is 11.2 Å². The SMILES string of the molecule is Brc1cnc(C2CCCN2c2ncnc3nc[nH]c23)nc1. The molecule has 3 aromatic rings. The molecule has 1 aliphatic heterocycles. The summed E-state index contributed by atoms with van der Waals surface area (Å²) in [5.74, 6) is 1.69. The Morgan fingerprint density at radius 1 is 1.14 bits per heavy atom. The zero-order valence-electron chi connectivity index (χ0n) is 11.1. The first-order valence-corrected chi connectivity index (χ1v) is 7.50. The summed E-state index contributed by atoms with van der Waals surface area (Å²) in [4.78, 5) is 27.0. The van der Waals surface area contributed by atoms with Crippen LogP contribution in [0.3, 0.4) is 0 Å². The van der Waals surface area contributed by atoms with Crippen molar-refractivity contribution in [2.45, 2.75) is 18.9 Å². The van der Waals surface area contributed by atoms with Gasteiger partial charge in [0.15, 0.2) is 17.3 Å². The lowest BCUT2D eigenvalue weighted by Gasteiger charge is -2.24. The molecule has 21 heavy (non-hydrogen) atoms. The van der Waals surface area contributed by atoms with Crippen molar-refractivity contribution in [2.24, 2.45) is 0 Å². The van der Waals surface area contributed by atoms with Gasteiger partial charge in [-0.25, -0.2) is 24.9 Å². The Bertz CT molecular complexity index is 770. The van der Waals surface area contributed by atoms with E-state index in [1.54, 1.807) is 25.0 Å². The number of halogens is 1. The van der Waals surface area contributed by atoms with Gasteiger partial charge in [0.2, 0.25) is 0 Å². The second kappa shape index (κ2) is 5.03. The summed E-state index contributed by atoms with van der Waals surface area (Å²) in [6.07, 6.45) is 8.86. The fourth-order valence-electron chi connectivity index (χ4n) is 2.75. The smallest absolute Gasteiger partial charge is 0.182 e. The van der Waals surface area contributed by atoms with Gasteiger partial charge < -0.3 is 9.88 Å². The van der Waals surface area contributed by atoms with Crippen LogP contribution in [-0.2, 0) is 0 Å². The molecule has 1 aliphatic rings. The number of aromatic amines is 1. The average Bonchev–Trinajstić information content (AvgIpc) is 3.16. The van der Waals surface area contributed by atoms with Crippen LogP contribution in [-0.4, -0.2) is 36.4 Å². The quantitative estimate of drug-likeness (QED) is 0.766. The lowest BCUT2D eigenvalue weighted by atomic mass is 10.2. The van der Waals surface area contributed by atoms with Crippen molar-refractivity contribution in [3.05, 3.63) is 35.3 Å². The second-order valence-electron chi connectivity index (χ2n) is 4.91. The van der Waals surface area contributed by atoms with Crippen LogP contribution >= 0.6 is 15.9 Å². The Kier molecular flexibility index (Phi) is 3.03. The van der Waals surface area contributed by atoms with Crippen LogP contribution in [0.1, 0.15) is 24.7 Å². The van der Waals surface area contributed by atoms with Gasteiger partial charge >= 0.3 is 0 Å². The summed E-state index contributed by atoms with van der Waals surface area (Å²) < 4.78 is 0.883. The first kappa shape index (κ1) is 12.6. The number of hydrogen-bond acceptors (Lipinski definition) is 6. The highest BCUT2D eigenvalue weighted by atomic mass is 79.9. The fraction of sp³-hybridized carbons (Fsp3) is 0.308. The maximum Gasteiger partial charge on any atom is 0.182 e. The van der Waals surface area contributed by atoms with E-state index in [-0.39, 0.29) is 6.04 Å². The minimum Gasteiger partial charge on any atom is -0.344 e. The minimum atomic E-state index is 0.138. The molecule has 0 spiro atoms. The lowest BCUT2D eigenvalue weighted by molar-refractivity contribution is 0.660. The van der Waals surface area contributed by atoms with Crippen LogP contribution in [0, 0.1) is 0 Å². The van der Waals surface area contributed by atoms with Crippen LogP contribution in [0.4, 0.5) is 5.82 Å². The van der Waals surface area contributed by atoms with Crippen molar-refractivity contribution in [3.8, 4) is 0 Å². The van der Waals surface area contributed by atoms with Crippen molar-refractivity contribution in [2.75, 3.05) is 11.4 Å². The maximum atomic E-state index is 4.43. The highest BCUT2D eigenvalue weighted by molar-refractivity contribution is 9.10. The summed E-state index contributed by atoms with van der Waals surface area (Å²) in [5.41, 5.74) is 1.55. The predicted molar refractivity (Wildman–Crippen MR) is 80.7 cm³/mol. The van der Waals surface area contributed by atoms with Gasteiger partial charge in [-0.2, -0.15) is 0 Å². The highest BCUT2D eigenvalue weighted by Gasteiger charge is 2.30. The van der Waals surface area contributed by atoms with Gasteiger partial charge in [-0.3, -0.25) is 0 Å². The molecule has 0 radical (unpaired) electrons. The average molecular weight is 346 g/mol. The van der Waals surface area contributed by atoms with Crippen molar-refractivity contribution in [1.29, 1.82) is 0 Å². The zero-order chi connectivity index (χ0) is 14.2. The molecule has 0 amide bonds. The normalized spacial score (nSPS) is 18.5. The van der Waals surface area contributed by atoms with E-state index < -0.39 is 0 Å². The molecule has 0 saturated carbocycles. The van der Waals surface area contributed by atoms with Gasteiger partial charge in [0, 0.05) is 18.9 Å². The minimum absolute atomic E-state index is 0.138. The van der Waals surface area contributed by atoms with Gasteiger partial charge in [0.1, 0.15) is 11.8 Å². The molecule has 1 fully saturated rings. The van der Waals surface area contributed by atoms with Gasteiger partial charge in [-0.05, 0) is 28.8 Å². The maximum absolute atomic E-state index is 4.43. The number of rotatable bonds is 2. The monoisotopic (exact) mass is 345 g/mol. The Balaban J connectivity index is 1.76. The highest BCUT2D eigenvalue weighted by Crippen LogP contribution is 2.35. The fourth-order valence-corrected chi connectivity index (χ4v) is 2.96. The van der Waals surface area contributed by atoms with E-state index >= 15 is 0 Å². The number of anilines is 1. The number of hydrogen-bond donors (Lipinski definition) is 1. The first-order chi connectivity index (χ1) is 10.3. The Labute approximate surface area is 129 Å². The van der Waals surface area contributed by atoms with E-state index in [4.69, 9.17) is 0 Å². The van der Waals surface area contributed by atoms with Crippen LogP contribution in [0.2, 0.25) is 0 Å². The predicted octanol–water partition coefficient (Wildman–Crippen LogP) is 2.25. The van der Waals surface area contributed by atoms with E-state index in [0.717, 1.165) is 41.0 Å². The van der Waals surface area contributed by atoms with Crippen LogP contribution in [0.15, 0.2) is 29.5 Å². The van der Waals surface area contributed by atoms with E-state index in [1.807, 2.05) is 0 Å². The van der Waals surface area contributed by atoms with Gasteiger partial charge in [0.05, 0.1) is 16.8 Å². The Hall–Kier alpha value is -2.09. The van der Waals surface area contributed by atoms with Gasteiger partial charge in [-0.15, -0.1) is 0 Å². The molecule has 1 N–H and O–H groups in total.